The normalized spacial score (nSPS) is 19.0. The predicted molar refractivity (Wildman–Crippen MR) is 116 cm³/mol. The Hall–Kier alpha value is -2.70. The van der Waals surface area contributed by atoms with Gasteiger partial charge in [0, 0.05) is 16.5 Å². The second-order valence-corrected chi connectivity index (χ2v) is 7.83. The molecule has 2 aliphatic heterocycles. The van der Waals surface area contributed by atoms with Crippen LogP contribution >= 0.6 is 12.4 Å². The Labute approximate surface area is 179 Å². The number of hydrogen-bond acceptors (Lipinski definition) is 5. The molecule has 0 radical (unpaired) electrons. The van der Waals surface area contributed by atoms with Gasteiger partial charge in [0.25, 0.3) is 5.56 Å². The van der Waals surface area contributed by atoms with Crippen LogP contribution in [0.4, 0.5) is 0 Å². The molecule has 30 heavy (non-hydrogen) atoms. The molecule has 0 unspecified atom stereocenters. The lowest BCUT2D eigenvalue weighted by atomic mass is 9.86. The summed E-state index contributed by atoms with van der Waals surface area (Å²) in [6.45, 7) is 4.18. The molecular weight excluding hydrogens is 404 g/mol. The van der Waals surface area contributed by atoms with Gasteiger partial charge in [-0.2, -0.15) is 0 Å². The van der Waals surface area contributed by atoms with Gasteiger partial charge in [0.15, 0.2) is 5.60 Å². The lowest BCUT2D eigenvalue weighted by molar-refractivity contribution is -0.172. The Morgan fingerprint density at radius 2 is 2.03 bits per heavy atom. The van der Waals surface area contributed by atoms with Crippen LogP contribution in [0.2, 0.25) is 0 Å². The van der Waals surface area contributed by atoms with Crippen LogP contribution in [0.1, 0.15) is 48.9 Å². The number of cyclic esters (lactones) is 1. The zero-order valence-corrected chi connectivity index (χ0v) is 17.7. The van der Waals surface area contributed by atoms with Gasteiger partial charge in [0.05, 0.1) is 29.0 Å². The molecule has 0 aliphatic carbocycles. The summed E-state index contributed by atoms with van der Waals surface area (Å²) in [6.07, 6.45) is 2.16. The summed E-state index contributed by atoms with van der Waals surface area (Å²) < 4.78 is 6.79. The van der Waals surface area contributed by atoms with Crippen molar-refractivity contribution >= 4 is 29.3 Å². The van der Waals surface area contributed by atoms with Crippen molar-refractivity contribution in [2.24, 2.45) is 0 Å². The molecule has 0 saturated heterocycles. The standard InChI is InChI=1S/C23H22N2O4.ClH/c1-3-6-13-7-5-8-18-15(13)9-14-11-25-19(20(14)24-18)10-17-16(21(25)26)12-29-22(27)23(17,28)4-2;/h5,7-10,28H,3-4,6,11-12H2,1-2H3;1H/t23-;/m0./s1. The lowest BCUT2D eigenvalue weighted by Gasteiger charge is -2.31. The number of carbonyl (C=O) groups excluding carboxylic acids is 1. The Morgan fingerprint density at radius 3 is 2.77 bits per heavy atom. The van der Waals surface area contributed by atoms with Gasteiger partial charge in [-0.3, -0.25) is 4.79 Å². The summed E-state index contributed by atoms with van der Waals surface area (Å²) in [5.74, 6) is -0.703. The minimum absolute atomic E-state index is 0. The van der Waals surface area contributed by atoms with E-state index >= 15 is 0 Å². The summed E-state index contributed by atoms with van der Waals surface area (Å²) in [5.41, 5.74) is 3.18. The zero-order valence-electron chi connectivity index (χ0n) is 16.9. The van der Waals surface area contributed by atoms with Crippen molar-refractivity contribution in [3.63, 3.8) is 0 Å². The molecule has 4 heterocycles. The number of carbonyl (C=O) groups is 1. The van der Waals surface area contributed by atoms with E-state index in [9.17, 15) is 14.7 Å². The van der Waals surface area contributed by atoms with Gasteiger partial charge < -0.3 is 14.4 Å². The number of benzene rings is 1. The Bertz CT molecular complexity index is 1250. The first-order chi connectivity index (χ1) is 14.0. The number of hydrogen-bond donors (Lipinski definition) is 1. The van der Waals surface area contributed by atoms with E-state index in [0.717, 1.165) is 35.0 Å². The van der Waals surface area contributed by atoms with Crippen molar-refractivity contribution in [1.82, 2.24) is 9.55 Å². The van der Waals surface area contributed by atoms with Crippen LogP contribution in [0.25, 0.3) is 22.3 Å². The van der Waals surface area contributed by atoms with Gasteiger partial charge >= 0.3 is 5.97 Å². The maximum atomic E-state index is 13.2. The quantitative estimate of drug-likeness (QED) is 0.507. The first-order valence-corrected chi connectivity index (χ1v) is 10.1. The molecule has 0 bridgehead atoms. The average Bonchev–Trinajstić information content (AvgIpc) is 3.08. The van der Waals surface area contributed by atoms with Crippen LogP contribution in [0.3, 0.4) is 0 Å². The van der Waals surface area contributed by atoms with Gasteiger partial charge in [-0.25, -0.2) is 9.78 Å². The summed E-state index contributed by atoms with van der Waals surface area (Å²) in [7, 11) is 0. The maximum Gasteiger partial charge on any atom is 0.343 e. The van der Waals surface area contributed by atoms with E-state index in [0.29, 0.717) is 23.4 Å². The van der Waals surface area contributed by atoms with Gasteiger partial charge in [-0.15, -0.1) is 12.4 Å². The first-order valence-electron chi connectivity index (χ1n) is 10.1. The Morgan fingerprint density at radius 1 is 1.23 bits per heavy atom. The molecule has 156 valence electrons. The number of halogens is 1. The second kappa shape index (κ2) is 7.22. The third kappa shape index (κ3) is 2.71. The van der Waals surface area contributed by atoms with Crippen LogP contribution in [-0.4, -0.2) is 20.6 Å². The Balaban J connectivity index is 0.00000218. The Kier molecular flexibility index (Phi) is 4.95. The molecule has 5 rings (SSSR count). The van der Waals surface area contributed by atoms with E-state index in [-0.39, 0.29) is 31.0 Å². The van der Waals surface area contributed by atoms with E-state index in [1.54, 1.807) is 17.6 Å². The molecule has 1 atom stereocenters. The molecule has 1 N–H and O–H groups in total. The second-order valence-electron chi connectivity index (χ2n) is 7.83. The highest BCUT2D eigenvalue weighted by Gasteiger charge is 2.45. The molecule has 0 saturated carbocycles. The highest BCUT2D eigenvalue weighted by molar-refractivity contribution is 5.88. The number of nitrogens with zero attached hydrogens (tertiary/aromatic N) is 2. The number of rotatable bonds is 3. The number of pyridine rings is 2. The number of fused-ring (bicyclic) bond motifs is 5. The van der Waals surface area contributed by atoms with Crippen LogP contribution < -0.4 is 5.56 Å². The molecular formula is C23H23ClN2O4. The number of esters is 1. The fourth-order valence-electron chi connectivity index (χ4n) is 4.55. The van der Waals surface area contributed by atoms with Crippen LogP contribution in [-0.2, 0) is 34.7 Å². The smallest absolute Gasteiger partial charge is 0.343 e. The molecule has 2 aliphatic rings. The van der Waals surface area contributed by atoms with E-state index in [4.69, 9.17) is 9.72 Å². The van der Waals surface area contributed by atoms with Crippen molar-refractivity contribution in [2.45, 2.75) is 51.9 Å². The zero-order chi connectivity index (χ0) is 20.3. The summed E-state index contributed by atoms with van der Waals surface area (Å²) in [5, 5.41) is 12.0. The third-order valence-electron chi connectivity index (χ3n) is 6.16. The molecule has 0 amide bonds. The molecule has 6 nitrogen and oxygen atoms in total. The lowest BCUT2D eigenvalue weighted by Crippen LogP contribution is -2.44. The molecule has 1 aromatic carbocycles. The minimum atomic E-state index is -1.80. The van der Waals surface area contributed by atoms with E-state index in [2.05, 4.69) is 19.1 Å². The van der Waals surface area contributed by atoms with Crippen molar-refractivity contribution in [3.05, 3.63) is 62.9 Å². The van der Waals surface area contributed by atoms with E-state index in [1.807, 2.05) is 12.1 Å². The van der Waals surface area contributed by atoms with Crippen molar-refractivity contribution in [1.29, 1.82) is 0 Å². The molecule has 7 heteroatoms. The average molecular weight is 427 g/mol. The van der Waals surface area contributed by atoms with Crippen molar-refractivity contribution in [3.8, 4) is 11.4 Å². The SMILES string of the molecule is CCCc1cccc2nc3c(cc12)Cn1c-3cc2c(c1=O)COC(=O)[C@]2(O)CC.Cl. The summed E-state index contributed by atoms with van der Waals surface area (Å²) in [6, 6.07) is 9.99. The van der Waals surface area contributed by atoms with Gasteiger partial charge in [-0.1, -0.05) is 32.4 Å². The summed E-state index contributed by atoms with van der Waals surface area (Å²) in [4.78, 5) is 30.3. The predicted octanol–water partition coefficient (Wildman–Crippen LogP) is 3.45. The third-order valence-corrected chi connectivity index (χ3v) is 6.16. The first kappa shape index (κ1) is 20.6. The maximum absolute atomic E-state index is 13.2. The van der Waals surface area contributed by atoms with Crippen molar-refractivity contribution in [2.75, 3.05) is 0 Å². The molecule has 2 aromatic heterocycles. The molecule has 0 fully saturated rings. The van der Waals surface area contributed by atoms with Crippen LogP contribution in [0.15, 0.2) is 35.1 Å². The van der Waals surface area contributed by atoms with E-state index < -0.39 is 11.6 Å². The monoisotopic (exact) mass is 426 g/mol. The minimum Gasteiger partial charge on any atom is -0.458 e. The molecule has 3 aromatic rings. The van der Waals surface area contributed by atoms with Gasteiger partial charge in [0.1, 0.15) is 6.61 Å². The largest absolute Gasteiger partial charge is 0.458 e. The summed E-state index contributed by atoms with van der Waals surface area (Å²) >= 11 is 0. The number of ether oxygens (including phenoxy) is 1. The topological polar surface area (TPSA) is 81.4 Å². The van der Waals surface area contributed by atoms with Crippen LogP contribution in [0, 0.1) is 0 Å². The fraction of sp³-hybridized carbons (Fsp3) is 0.348. The number of aromatic nitrogens is 2. The number of aryl methyl sites for hydroxylation is 1. The highest BCUT2D eigenvalue weighted by atomic mass is 35.5. The highest BCUT2D eigenvalue weighted by Crippen LogP contribution is 2.38. The van der Waals surface area contributed by atoms with Crippen LogP contribution in [0.5, 0.6) is 0 Å². The van der Waals surface area contributed by atoms with E-state index in [1.165, 1.54) is 5.56 Å². The van der Waals surface area contributed by atoms with Gasteiger partial charge in [-0.05, 0) is 36.6 Å². The fourth-order valence-corrected chi connectivity index (χ4v) is 4.55. The van der Waals surface area contributed by atoms with Gasteiger partial charge in [0.2, 0.25) is 0 Å². The van der Waals surface area contributed by atoms with Crippen molar-refractivity contribution < 1.29 is 14.6 Å². The molecule has 0 spiro atoms. The number of aliphatic hydroxyl groups is 1.